The van der Waals surface area contributed by atoms with Crippen molar-refractivity contribution < 1.29 is 4.42 Å². The fraction of sp³-hybridized carbons (Fsp3) is 0.0222. The third kappa shape index (κ3) is 4.53. The lowest BCUT2D eigenvalue weighted by atomic mass is 10.0. The maximum absolute atomic E-state index is 6.37. The van der Waals surface area contributed by atoms with E-state index in [-0.39, 0.29) is 0 Å². The Kier molecular flexibility index (Phi) is 6.21. The Bertz CT molecular complexity index is 2720. The molecule has 232 valence electrons. The van der Waals surface area contributed by atoms with Gasteiger partial charge in [-0.1, -0.05) is 91.0 Å². The summed E-state index contributed by atoms with van der Waals surface area (Å²) in [7, 11) is 0. The van der Waals surface area contributed by atoms with Gasteiger partial charge in [-0.05, 0) is 94.7 Å². The molecule has 0 unspecified atom stereocenters. The second kappa shape index (κ2) is 11.0. The van der Waals surface area contributed by atoms with Gasteiger partial charge >= 0.3 is 0 Å². The van der Waals surface area contributed by atoms with Gasteiger partial charge in [-0.25, -0.2) is 0 Å². The van der Waals surface area contributed by atoms with Crippen molar-refractivity contribution in [2.75, 3.05) is 16.8 Å². The molecule has 4 heteroatoms. The lowest BCUT2D eigenvalue weighted by Crippen LogP contribution is -2.10. The number of benzene rings is 7. The lowest BCUT2D eigenvalue weighted by molar-refractivity contribution is 0.604. The molecule has 49 heavy (non-hydrogen) atoms. The highest BCUT2D eigenvalue weighted by atomic mass is 16.3. The first-order chi connectivity index (χ1) is 24.3. The van der Waals surface area contributed by atoms with E-state index in [2.05, 4.69) is 185 Å². The molecule has 4 nitrogen and oxygen atoms in total. The Balaban J connectivity index is 1.15. The monoisotopic (exact) mass is 629 g/mol. The number of nitrogens with zero attached hydrogens (tertiary/aromatic N) is 2. The van der Waals surface area contributed by atoms with Crippen molar-refractivity contribution in [3.8, 4) is 16.8 Å². The van der Waals surface area contributed by atoms with Crippen molar-refractivity contribution in [3.63, 3.8) is 0 Å². The van der Waals surface area contributed by atoms with Crippen LogP contribution >= 0.6 is 0 Å². The molecule has 0 saturated carbocycles. The normalized spacial score (nSPS) is 12.5. The van der Waals surface area contributed by atoms with Gasteiger partial charge in [0, 0.05) is 51.5 Å². The first-order valence-corrected chi connectivity index (χ1v) is 16.7. The molecule has 0 radical (unpaired) electrons. The average Bonchev–Trinajstić information content (AvgIpc) is 3.70. The third-order valence-corrected chi connectivity index (χ3v) is 9.76. The topological polar surface area (TPSA) is 33.3 Å². The Morgan fingerprint density at radius 2 is 1.24 bits per heavy atom. The fourth-order valence-electron chi connectivity index (χ4n) is 7.44. The average molecular weight is 630 g/mol. The molecular formula is C45H31N3O. The highest BCUT2D eigenvalue weighted by Crippen LogP contribution is 2.43. The Hall–Kier alpha value is -6.52. The minimum Gasteiger partial charge on any atom is -0.454 e. The van der Waals surface area contributed by atoms with Gasteiger partial charge in [-0.15, -0.1) is 0 Å². The van der Waals surface area contributed by atoms with Crippen molar-refractivity contribution >= 4 is 72.4 Å². The molecule has 10 rings (SSSR count). The number of rotatable bonds is 5. The van der Waals surface area contributed by atoms with Crippen LogP contribution in [0.3, 0.4) is 0 Å². The van der Waals surface area contributed by atoms with E-state index in [0.29, 0.717) is 0 Å². The van der Waals surface area contributed by atoms with Gasteiger partial charge in [-0.2, -0.15) is 0 Å². The van der Waals surface area contributed by atoms with E-state index in [4.69, 9.17) is 4.42 Å². The van der Waals surface area contributed by atoms with Gasteiger partial charge in [0.1, 0.15) is 5.58 Å². The van der Waals surface area contributed by atoms with Crippen LogP contribution in [0, 0.1) is 0 Å². The number of fused-ring (bicyclic) bond motifs is 7. The van der Waals surface area contributed by atoms with Gasteiger partial charge in [-0.3, -0.25) is 0 Å². The van der Waals surface area contributed by atoms with E-state index in [1.54, 1.807) is 0 Å². The number of hydrogen-bond donors (Lipinski definition) is 1. The SMILES string of the molecule is C1=Cc2oc3cc(N(c4ccc(-c5ccc6ccccc6c5)cc4)c4ccc5c(c4)c4ccccc4n5-c4ccccc4)ccc3c2NC1. The summed E-state index contributed by atoms with van der Waals surface area (Å²) < 4.78 is 8.72. The number of nitrogens with one attached hydrogen (secondary N) is 1. The van der Waals surface area contributed by atoms with E-state index in [1.165, 1.54) is 43.7 Å². The molecular weight excluding hydrogens is 599 g/mol. The summed E-state index contributed by atoms with van der Waals surface area (Å²) in [4.78, 5) is 2.34. The largest absolute Gasteiger partial charge is 0.454 e. The highest BCUT2D eigenvalue weighted by Gasteiger charge is 2.20. The summed E-state index contributed by atoms with van der Waals surface area (Å²) in [6.45, 7) is 0.801. The molecule has 0 bridgehead atoms. The van der Waals surface area contributed by atoms with Crippen molar-refractivity contribution in [2.24, 2.45) is 0 Å². The number of para-hydroxylation sites is 2. The highest BCUT2D eigenvalue weighted by molar-refractivity contribution is 6.11. The molecule has 3 heterocycles. The summed E-state index contributed by atoms with van der Waals surface area (Å²) >= 11 is 0. The molecule has 1 aliphatic heterocycles. The van der Waals surface area contributed by atoms with Crippen LogP contribution in [0.4, 0.5) is 22.7 Å². The van der Waals surface area contributed by atoms with Crippen LogP contribution in [0.25, 0.3) is 66.4 Å². The molecule has 2 aromatic heterocycles. The summed E-state index contributed by atoms with van der Waals surface area (Å²) in [6, 6.07) is 56.8. The zero-order chi connectivity index (χ0) is 32.3. The molecule has 0 amide bonds. The predicted molar refractivity (Wildman–Crippen MR) is 206 cm³/mol. The lowest BCUT2D eigenvalue weighted by Gasteiger charge is -2.26. The molecule has 9 aromatic rings. The van der Waals surface area contributed by atoms with Crippen molar-refractivity contribution in [3.05, 3.63) is 170 Å². The summed E-state index contributed by atoms with van der Waals surface area (Å²) in [5.41, 5.74) is 11.0. The summed E-state index contributed by atoms with van der Waals surface area (Å²) in [6.07, 6.45) is 4.15. The van der Waals surface area contributed by atoms with Crippen molar-refractivity contribution in [1.82, 2.24) is 4.57 Å². The smallest absolute Gasteiger partial charge is 0.151 e. The van der Waals surface area contributed by atoms with Gasteiger partial charge in [0.05, 0.1) is 16.7 Å². The standard InChI is InChI=1S/C45H31N3O/c1-2-11-34(12-3-1)48-41-14-7-6-13-38(41)40-28-36(23-25-42(40)48)47(37-22-24-39-44(29-37)49-43-15-8-26-46-45(39)43)35-20-18-31(19-21-35)33-17-16-30-9-4-5-10-32(30)27-33/h1-25,27-29,46H,26H2. The number of anilines is 4. The second-order valence-corrected chi connectivity index (χ2v) is 12.6. The Labute approximate surface area is 283 Å². The van der Waals surface area contributed by atoms with E-state index in [1.807, 2.05) is 0 Å². The fourth-order valence-corrected chi connectivity index (χ4v) is 7.44. The maximum Gasteiger partial charge on any atom is 0.151 e. The van der Waals surface area contributed by atoms with Crippen LogP contribution in [0.15, 0.2) is 168 Å². The molecule has 1 aliphatic rings. The van der Waals surface area contributed by atoms with Crippen molar-refractivity contribution in [2.45, 2.75) is 0 Å². The van der Waals surface area contributed by atoms with Gasteiger partial charge in [0.2, 0.25) is 0 Å². The summed E-state index contributed by atoms with van der Waals surface area (Å²) in [5.74, 6) is 0.875. The number of aromatic nitrogens is 1. The maximum atomic E-state index is 6.37. The molecule has 7 aromatic carbocycles. The molecule has 0 saturated heterocycles. The molecule has 0 fully saturated rings. The molecule has 0 aliphatic carbocycles. The van der Waals surface area contributed by atoms with Crippen LogP contribution in [-0.4, -0.2) is 11.1 Å². The Morgan fingerprint density at radius 3 is 2.14 bits per heavy atom. The molecule has 0 spiro atoms. The van der Waals surface area contributed by atoms with Gasteiger partial charge in [0.25, 0.3) is 0 Å². The zero-order valence-electron chi connectivity index (χ0n) is 26.7. The minimum atomic E-state index is 0.801. The zero-order valence-corrected chi connectivity index (χ0v) is 26.7. The summed E-state index contributed by atoms with van der Waals surface area (Å²) in [5, 5.41) is 9.50. The quantitative estimate of drug-likeness (QED) is 0.206. The van der Waals surface area contributed by atoms with Gasteiger partial charge in [0.15, 0.2) is 5.76 Å². The van der Waals surface area contributed by atoms with Crippen LogP contribution in [0.1, 0.15) is 5.76 Å². The third-order valence-electron chi connectivity index (χ3n) is 9.76. The van der Waals surface area contributed by atoms with Crippen LogP contribution in [0.2, 0.25) is 0 Å². The first kappa shape index (κ1) is 27.6. The minimum absolute atomic E-state index is 0.801. The van der Waals surface area contributed by atoms with E-state index >= 15 is 0 Å². The van der Waals surface area contributed by atoms with Crippen LogP contribution in [-0.2, 0) is 0 Å². The first-order valence-electron chi connectivity index (χ1n) is 16.7. The van der Waals surface area contributed by atoms with Crippen molar-refractivity contribution in [1.29, 1.82) is 0 Å². The number of hydrogen-bond acceptors (Lipinski definition) is 3. The van der Waals surface area contributed by atoms with Crippen LogP contribution < -0.4 is 10.2 Å². The van der Waals surface area contributed by atoms with E-state index in [0.717, 1.165) is 51.7 Å². The molecule has 0 atom stereocenters. The second-order valence-electron chi connectivity index (χ2n) is 12.6. The van der Waals surface area contributed by atoms with E-state index in [9.17, 15) is 0 Å². The molecule has 1 N–H and O–H groups in total. The van der Waals surface area contributed by atoms with Gasteiger partial charge < -0.3 is 19.2 Å². The Morgan fingerprint density at radius 1 is 0.531 bits per heavy atom. The van der Waals surface area contributed by atoms with E-state index < -0.39 is 0 Å². The van der Waals surface area contributed by atoms with Crippen LogP contribution in [0.5, 0.6) is 0 Å². The number of furan rings is 1. The predicted octanol–water partition coefficient (Wildman–Crippen LogP) is 12.3.